The fraction of sp³-hybridized carbons (Fsp3) is 0.571. The number of hydrogen-bond donors (Lipinski definition) is 1. The van der Waals surface area contributed by atoms with Crippen LogP contribution in [0.2, 0.25) is 0 Å². The number of ether oxygens (including phenoxy) is 1. The van der Waals surface area contributed by atoms with Crippen molar-refractivity contribution < 1.29 is 4.74 Å². The van der Waals surface area contributed by atoms with Crippen molar-refractivity contribution >= 4 is 0 Å². The first-order valence-electron chi connectivity index (χ1n) is 6.22. The van der Waals surface area contributed by atoms with Crippen LogP contribution >= 0.6 is 0 Å². The van der Waals surface area contributed by atoms with Crippen LogP contribution in [0, 0.1) is 0 Å². The van der Waals surface area contributed by atoms with Crippen molar-refractivity contribution in [2.45, 2.75) is 45.6 Å². The SMILES string of the molecule is CCCc1ccc(OC(C)CCCN)cc1. The summed E-state index contributed by atoms with van der Waals surface area (Å²) in [5, 5.41) is 0. The molecule has 0 saturated carbocycles. The summed E-state index contributed by atoms with van der Waals surface area (Å²) >= 11 is 0. The summed E-state index contributed by atoms with van der Waals surface area (Å²) in [4.78, 5) is 0. The molecular formula is C14H23NO. The van der Waals surface area contributed by atoms with Gasteiger partial charge in [-0.25, -0.2) is 0 Å². The zero-order chi connectivity index (χ0) is 11.8. The number of nitrogens with two attached hydrogens (primary N) is 1. The minimum absolute atomic E-state index is 0.251. The molecule has 0 heterocycles. The van der Waals surface area contributed by atoms with Crippen molar-refractivity contribution in [2.24, 2.45) is 5.73 Å². The van der Waals surface area contributed by atoms with Crippen LogP contribution in [-0.4, -0.2) is 12.6 Å². The molecule has 0 radical (unpaired) electrons. The summed E-state index contributed by atoms with van der Waals surface area (Å²) < 4.78 is 5.79. The van der Waals surface area contributed by atoms with E-state index in [1.807, 2.05) is 0 Å². The maximum absolute atomic E-state index is 5.79. The lowest BCUT2D eigenvalue weighted by molar-refractivity contribution is 0.208. The van der Waals surface area contributed by atoms with Gasteiger partial charge in [-0.3, -0.25) is 0 Å². The normalized spacial score (nSPS) is 12.4. The lowest BCUT2D eigenvalue weighted by atomic mass is 10.1. The maximum atomic E-state index is 5.79. The van der Waals surface area contributed by atoms with Gasteiger partial charge in [0.15, 0.2) is 0 Å². The maximum Gasteiger partial charge on any atom is 0.119 e. The molecule has 16 heavy (non-hydrogen) atoms. The molecule has 0 amide bonds. The number of benzene rings is 1. The second kappa shape index (κ2) is 7.29. The van der Waals surface area contributed by atoms with Gasteiger partial charge in [-0.2, -0.15) is 0 Å². The fourth-order valence-corrected chi connectivity index (χ4v) is 1.72. The second-order valence-corrected chi connectivity index (χ2v) is 4.25. The molecule has 0 aliphatic heterocycles. The molecular weight excluding hydrogens is 198 g/mol. The Morgan fingerprint density at radius 2 is 1.94 bits per heavy atom. The summed E-state index contributed by atoms with van der Waals surface area (Å²) in [6.07, 6.45) is 4.62. The lowest BCUT2D eigenvalue weighted by Gasteiger charge is -2.14. The van der Waals surface area contributed by atoms with Gasteiger partial charge in [-0.15, -0.1) is 0 Å². The van der Waals surface area contributed by atoms with Crippen LogP contribution < -0.4 is 10.5 Å². The molecule has 0 aliphatic rings. The molecule has 2 heteroatoms. The van der Waals surface area contributed by atoms with Crippen molar-refractivity contribution in [1.29, 1.82) is 0 Å². The van der Waals surface area contributed by atoms with Crippen LogP contribution in [0.1, 0.15) is 38.7 Å². The number of rotatable bonds is 7. The highest BCUT2D eigenvalue weighted by molar-refractivity contribution is 5.27. The molecule has 1 rings (SSSR count). The van der Waals surface area contributed by atoms with Crippen molar-refractivity contribution in [2.75, 3.05) is 6.54 Å². The van der Waals surface area contributed by atoms with Crippen molar-refractivity contribution in [3.8, 4) is 5.75 Å². The Morgan fingerprint density at radius 1 is 1.25 bits per heavy atom. The van der Waals surface area contributed by atoms with Crippen molar-refractivity contribution in [3.63, 3.8) is 0 Å². The Hall–Kier alpha value is -1.02. The predicted molar refractivity (Wildman–Crippen MR) is 68.8 cm³/mol. The molecule has 2 nitrogen and oxygen atoms in total. The van der Waals surface area contributed by atoms with E-state index < -0.39 is 0 Å². The van der Waals surface area contributed by atoms with E-state index in [9.17, 15) is 0 Å². The van der Waals surface area contributed by atoms with E-state index in [0.717, 1.165) is 31.6 Å². The monoisotopic (exact) mass is 221 g/mol. The van der Waals surface area contributed by atoms with Gasteiger partial charge in [0.25, 0.3) is 0 Å². The van der Waals surface area contributed by atoms with E-state index in [-0.39, 0.29) is 6.10 Å². The molecule has 0 aliphatic carbocycles. The number of aryl methyl sites for hydroxylation is 1. The van der Waals surface area contributed by atoms with Gasteiger partial charge < -0.3 is 10.5 Å². The first kappa shape index (κ1) is 13.0. The number of hydrogen-bond acceptors (Lipinski definition) is 2. The molecule has 1 unspecified atom stereocenters. The van der Waals surface area contributed by atoms with E-state index in [2.05, 4.69) is 38.1 Å². The minimum Gasteiger partial charge on any atom is -0.491 e. The Balaban J connectivity index is 2.41. The highest BCUT2D eigenvalue weighted by Gasteiger charge is 2.03. The summed E-state index contributed by atoms with van der Waals surface area (Å²) in [5.74, 6) is 0.962. The summed E-state index contributed by atoms with van der Waals surface area (Å²) in [6, 6.07) is 8.41. The lowest BCUT2D eigenvalue weighted by Crippen LogP contribution is -2.13. The molecule has 2 N–H and O–H groups in total. The van der Waals surface area contributed by atoms with E-state index in [4.69, 9.17) is 10.5 Å². The molecule has 1 atom stereocenters. The first-order valence-corrected chi connectivity index (χ1v) is 6.22. The van der Waals surface area contributed by atoms with Gasteiger partial charge in [-0.1, -0.05) is 25.5 Å². The van der Waals surface area contributed by atoms with E-state index in [0.29, 0.717) is 0 Å². The van der Waals surface area contributed by atoms with E-state index >= 15 is 0 Å². The van der Waals surface area contributed by atoms with Gasteiger partial charge in [0.05, 0.1) is 6.10 Å². The standard InChI is InChI=1S/C14H23NO/c1-3-5-13-7-9-14(10-8-13)16-12(2)6-4-11-15/h7-10,12H,3-6,11,15H2,1-2H3. The zero-order valence-corrected chi connectivity index (χ0v) is 10.4. The second-order valence-electron chi connectivity index (χ2n) is 4.25. The highest BCUT2D eigenvalue weighted by Crippen LogP contribution is 2.16. The molecule has 0 bridgehead atoms. The van der Waals surface area contributed by atoms with Crippen LogP contribution in [0.4, 0.5) is 0 Å². The Bertz CT molecular complexity index is 281. The van der Waals surface area contributed by atoms with Crippen molar-refractivity contribution in [3.05, 3.63) is 29.8 Å². The highest BCUT2D eigenvalue weighted by atomic mass is 16.5. The molecule has 0 spiro atoms. The third kappa shape index (κ3) is 4.67. The van der Waals surface area contributed by atoms with Gasteiger partial charge in [0.1, 0.15) is 5.75 Å². The minimum atomic E-state index is 0.251. The summed E-state index contributed by atoms with van der Waals surface area (Å²) in [5.41, 5.74) is 6.85. The van der Waals surface area contributed by atoms with Gasteiger partial charge in [-0.05, 0) is 50.4 Å². The van der Waals surface area contributed by atoms with Gasteiger partial charge in [0.2, 0.25) is 0 Å². The third-order valence-electron chi connectivity index (χ3n) is 2.61. The average molecular weight is 221 g/mol. The smallest absolute Gasteiger partial charge is 0.119 e. The van der Waals surface area contributed by atoms with Crippen molar-refractivity contribution in [1.82, 2.24) is 0 Å². The molecule has 1 aromatic rings. The van der Waals surface area contributed by atoms with Crippen LogP contribution in [0.5, 0.6) is 5.75 Å². The molecule has 0 saturated heterocycles. The molecule has 1 aromatic carbocycles. The molecule has 0 fully saturated rings. The Morgan fingerprint density at radius 3 is 2.50 bits per heavy atom. The topological polar surface area (TPSA) is 35.2 Å². The largest absolute Gasteiger partial charge is 0.491 e. The molecule has 0 aromatic heterocycles. The summed E-state index contributed by atoms with van der Waals surface area (Å²) in [7, 11) is 0. The van der Waals surface area contributed by atoms with Gasteiger partial charge in [0, 0.05) is 0 Å². The third-order valence-corrected chi connectivity index (χ3v) is 2.61. The van der Waals surface area contributed by atoms with E-state index in [1.54, 1.807) is 0 Å². The fourth-order valence-electron chi connectivity index (χ4n) is 1.72. The van der Waals surface area contributed by atoms with Crippen LogP contribution in [-0.2, 0) is 6.42 Å². The van der Waals surface area contributed by atoms with E-state index in [1.165, 1.54) is 12.0 Å². The van der Waals surface area contributed by atoms with Crippen LogP contribution in [0.25, 0.3) is 0 Å². The van der Waals surface area contributed by atoms with Crippen LogP contribution in [0.15, 0.2) is 24.3 Å². The Kier molecular flexibility index (Phi) is 5.94. The molecule has 90 valence electrons. The average Bonchev–Trinajstić information content (AvgIpc) is 2.29. The van der Waals surface area contributed by atoms with Crippen LogP contribution in [0.3, 0.4) is 0 Å². The first-order chi connectivity index (χ1) is 7.76. The predicted octanol–water partition coefficient (Wildman–Crippen LogP) is 3.15. The van der Waals surface area contributed by atoms with Gasteiger partial charge >= 0.3 is 0 Å². The Labute approximate surface area is 98.8 Å². The summed E-state index contributed by atoms with van der Waals surface area (Å²) in [6.45, 7) is 5.03. The quantitative estimate of drug-likeness (QED) is 0.767. The zero-order valence-electron chi connectivity index (χ0n) is 10.4.